The first-order chi connectivity index (χ1) is 7.54. The van der Waals surface area contributed by atoms with Crippen LogP contribution in [0, 0.1) is 6.92 Å². The van der Waals surface area contributed by atoms with E-state index in [1.54, 1.807) is 12.1 Å². The first-order valence-corrected chi connectivity index (χ1v) is 5.04. The molecule has 16 heavy (non-hydrogen) atoms. The van der Waals surface area contributed by atoms with Crippen molar-refractivity contribution in [2.75, 3.05) is 7.05 Å². The van der Waals surface area contributed by atoms with Gasteiger partial charge < -0.3 is 10.4 Å². The second-order valence-electron chi connectivity index (χ2n) is 3.67. The quantitative estimate of drug-likeness (QED) is 0.734. The number of aryl methyl sites for hydroxylation is 1. The monoisotopic (exact) mass is 221 g/mol. The molecule has 86 valence electrons. The molecular formula is C12H15NO3. The van der Waals surface area contributed by atoms with Crippen LogP contribution in [0.4, 0.5) is 0 Å². The molecule has 0 fully saturated rings. The summed E-state index contributed by atoms with van der Waals surface area (Å²) < 4.78 is 0. The Hall–Kier alpha value is -1.68. The van der Waals surface area contributed by atoms with Crippen LogP contribution in [-0.4, -0.2) is 29.9 Å². The van der Waals surface area contributed by atoms with Gasteiger partial charge in [-0.3, -0.25) is 9.59 Å². The number of ketones is 1. The number of carboxylic acids is 1. The molecule has 0 saturated carbocycles. The first kappa shape index (κ1) is 12.4. The average molecular weight is 221 g/mol. The molecule has 0 aliphatic carbocycles. The maximum Gasteiger partial charge on any atom is 0.321 e. The third-order valence-corrected chi connectivity index (χ3v) is 2.41. The van der Waals surface area contributed by atoms with Crippen LogP contribution in [0.25, 0.3) is 0 Å². The molecule has 4 nitrogen and oxygen atoms in total. The van der Waals surface area contributed by atoms with Crippen LogP contribution in [0.2, 0.25) is 0 Å². The summed E-state index contributed by atoms with van der Waals surface area (Å²) in [7, 11) is 1.53. The number of hydrogen-bond acceptors (Lipinski definition) is 3. The number of carbonyl (C=O) groups is 2. The van der Waals surface area contributed by atoms with Crippen LogP contribution in [-0.2, 0) is 4.79 Å². The highest BCUT2D eigenvalue weighted by atomic mass is 16.4. The van der Waals surface area contributed by atoms with Crippen LogP contribution >= 0.6 is 0 Å². The topological polar surface area (TPSA) is 66.4 Å². The highest BCUT2D eigenvalue weighted by Gasteiger charge is 2.19. The van der Waals surface area contributed by atoms with Crippen LogP contribution in [0.1, 0.15) is 22.3 Å². The lowest BCUT2D eigenvalue weighted by molar-refractivity contribution is -0.139. The minimum absolute atomic E-state index is 0.0328. The summed E-state index contributed by atoms with van der Waals surface area (Å²) >= 11 is 0. The fourth-order valence-corrected chi connectivity index (χ4v) is 1.36. The molecule has 0 spiro atoms. The SMILES string of the molecule is CNC(CC(=O)c1ccc(C)cc1)C(=O)O. The van der Waals surface area contributed by atoms with E-state index in [-0.39, 0.29) is 12.2 Å². The normalized spacial score (nSPS) is 12.1. The van der Waals surface area contributed by atoms with Gasteiger partial charge in [0.25, 0.3) is 0 Å². The van der Waals surface area contributed by atoms with Crippen molar-refractivity contribution in [2.24, 2.45) is 0 Å². The number of Topliss-reactive ketones (excluding diaryl/α,β-unsaturated/α-hetero) is 1. The molecule has 0 saturated heterocycles. The van der Waals surface area contributed by atoms with E-state index in [2.05, 4.69) is 5.32 Å². The Balaban J connectivity index is 2.71. The van der Waals surface area contributed by atoms with E-state index in [0.29, 0.717) is 5.56 Å². The first-order valence-electron chi connectivity index (χ1n) is 5.04. The van der Waals surface area contributed by atoms with Crippen molar-refractivity contribution in [3.8, 4) is 0 Å². The third kappa shape index (κ3) is 3.17. The van der Waals surface area contributed by atoms with Crippen LogP contribution < -0.4 is 5.32 Å². The molecule has 0 amide bonds. The minimum atomic E-state index is -1.01. The Labute approximate surface area is 94.3 Å². The molecule has 0 radical (unpaired) electrons. The van der Waals surface area contributed by atoms with Crippen molar-refractivity contribution in [1.29, 1.82) is 0 Å². The van der Waals surface area contributed by atoms with E-state index < -0.39 is 12.0 Å². The van der Waals surface area contributed by atoms with Gasteiger partial charge in [-0.15, -0.1) is 0 Å². The van der Waals surface area contributed by atoms with E-state index in [9.17, 15) is 9.59 Å². The minimum Gasteiger partial charge on any atom is -0.480 e. The second kappa shape index (κ2) is 5.42. The summed E-state index contributed by atoms with van der Waals surface area (Å²) in [5.41, 5.74) is 1.62. The van der Waals surface area contributed by atoms with Crippen LogP contribution in [0.3, 0.4) is 0 Å². The maximum atomic E-state index is 11.7. The Morgan fingerprint density at radius 1 is 1.31 bits per heavy atom. The predicted octanol–water partition coefficient (Wildman–Crippen LogP) is 1.24. The van der Waals surface area contributed by atoms with Gasteiger partial charge in [-0.25, -0.2) is 0 Å². The van der Waals surface area contributed by atoms with Gasteiger partial charge in [0.15, 0.2) is 5.78 Å². The number of hydrogen-bond donors (Lipinski definition) is 2. The van der Waals surface area contributed by atoms with Crippen molar-refractivity contribution in [3.05, 3.63) is 35.4 Å². The molecule has 1 aromatic carbocycles. The Bertz CT molecular complexity index is 384. The van der Waals surface area contributed by atoms with Crippen molar-refractivity contribution < 1.29 is 14.7 Å². The molecule has 0 aliphatic heterocycles. The van der Waals surface area contributed by atoms with Crippen molar-refractivity contribution in [1.82, 2.24) is 5.32 Å². The zero-order valence-corrected chi connectivity index (χ0v) is 9.36. The molecule has 0 aliphatic rings. The number of likely N-dealkylation sites (N-methyl/N-ethyl adjacent to an activating group) is 1. The molecule has 0 aromatic heterocycles. The number of rotatable bonds is 5. The summed E-state index contributed by atoms with van der Waals surface area (Å²) in [6.45, 7) is 1.93. The molecule has 2 N–H and O–H groups in total. The molecular weight excluding hydrogens is 206 g/mol. The van der Waals surface area contributed by atoms with Crippen molar-refractivity contribution in [3.63, 3.8) is 0 Å². The Kier molecular flexibility index (Phi) is 4.19. The number of carbonyl (C=O) groups excluding carboxylic acids is 1. The summed E-state index contributed by atoms with van der Waals surface area (Å²) in [5, 5.41) is 11.4. The van der Waals surface area contributed by atoms with Gasteiger partial charge in [-0.05, 0) is 14.0 Å². The van der Waals surface area contributed by atoms with Crippen molar-refractivity contribution >= 4 is 11.8 Å². The molecule has 1 atom stereocenters. The predicted molar refractivity (Wildman–Crippen MR) is 60.6 cm³/mol. The van der Waals surface area contributed by atoms with E-state index in [4.69, 9.17) is 5.11 Å². The summed E-state index contributed by atoms with van der Waals surface area (Å²) in [6.07, 6.45) is -0.0328. The number of carboxylic acid groups (broad SMARTS) is 1. The summed E-state index contributed by atoms with van der Waals surface area (Å²) in [5.74, 6) is -1.18. The molecule has 1 unspecified atom stereocenters. The Morgan fingerprint density at radius 2 is 1.88 bits per heavy atom. The van der Waals surface area contributed by atoms with Gasteiger partial charge in [0.1, 0.15) is 6.04 Å². The fraction of sp³-hybridized carbons (Fsp3) is 0.333. The molecule has 1 aromatic rings. The van der Waals surface area contributed by atoms with Gasteiger partial charge >= 0.3 is 5.97 Å². The van der Waals surface area contributed by atoms with Crippen LogP contribution in [0.5, 0.6) is 0 Å². The zero-order valence-electron chi connectivity index (χ0n) is 9.36. The lowest BCUT2D eigenvalue weighted by atomic mass is 10.0. The lowest BCUT2D eigenvalue weighted by Crippen LogP contribution is -2.35. The summed E-state index contributed by atoms with van der Waals surface area (Å²) in [6, 6.07) is 6.28. The molecule has 0 heterocycles. The fourth-order valence-electron chi connectivity index (χ4n) is 1.36. The number of aliphatic carboxylic acids is 1. The van der Waals surface area contributed by atoms with Gasteiger partial charge in [0.05, 0.1) is 0 Å². The maximum absolute atomic E-state index is 11.7. The summed E-state index contributed by atoms with van der Waals surface area (Å²) in [4.78, 5) is 22.5. The van der Waals surface area contributed by atoms with E-state index in [0.717, 1.165) is 5.56 Å². The van der Waals surface area contributed by atoms with E-state index in [1.165, 1.54) is 7.05 Å². The number of benzene rings is 1. The highest BCUT2D eigenvalue weighted by Crippen LogP contribution is 2.07. The number of nitrogens with one attached hydrogen (secondary N) is 1. The second-order valence-corrected chi connectivity index (χ2v) is 3.67. The lowest BCUT2D eigenvalue weighted by Gasteiger charge is -2.09. The molecule has 4 heteroatoms. The highest BCUT2D eigenvalue weighted by molar-refractivity contribution is 5.98. The van der Waals surface area contributed by atoms with Crippen molar-refractivity contribution in [2.45, 2.75) is 19.4 Å². The largest absolute Gasteiger partial charge is 0.480 e. The molecule has 1 rings (SSSR count). The van der Waals surface area contributed by atoms with E-state index in [1.807, 2.05) is 19.1 Å². The van der Waals surface area contributed by atoms with Gasteiger partial charge in [0.2, 0.25) is 0 Å². The van der Waals surface area contributed by atoms with Crippen LogP contribution in [0.15, 0.2) is 24.3 Å². The van der Waals surface area contributed by atoms with Gasteiger partial charge in [-0.1, -0.05) is 29.8 Å². The van der Waals surface area contributed by atoms with E-state index >= 15 is 0 Å². The average Bonchev–Trinajstić information content (AvgIpc) is 2.26. The smallest absolute Gasteiger partial charge is 0.321 e. The zero-order chi connectivity index (χ0) is 12.1. The Morgan fingerprint density at radius 3 is 2.31 bits per heavy atom. The standard InChI is InChI=1S/C12H15NO3/c1-8-3-5-9(6-4-8)11(14)7-10(13-2)12(15)16/h3-6,10,13H,7H2,1-2H3,(H,15,16). The van der Waals surface area contributed by atoms with Gasteiger partial charge in [-0.2, -0.15) is 0 Å². The molecule has 0 bridgehead atoms. The third-order valence-electron chi connectivity index (χ3n) is 2.41. The van der Waals surface area contributed by atoms with Gasteiger partial charge in [0, 0.05) is 12.0 Å².